The lowest BCUT2D eigenvalue weighted by Crippen LogP contribution is -2.20. The molecule has 0 atom stereocenters. The minimum atomic E-state index is -0.663. The molecule has 0 aliphatic heterocycles. The molecule has 2 nitrogen and oxygen atoms in total. The van der Waals surface area contributed by atoms with Crippen molar-refractivity contribution in [1.82, 2.24) is 4.57 Å². The summed E-state index contributed by atoms with van der Waals surface area (Å²) in [6.45, 7) is 4.11. The van der Waals surface area contributed by atoms with Crippen LogP contribution in [-0.2, 0) is 0 Å². The number of hydrogen-bond donors (Lipinski definition) is 1. The topological polar surface area (TPSA) is 17.0 Å². The maximum Gasteiger partial charge on any atom is 0.0547 e. The minimum Gasteiger partial charge on any atom is -0.355 e. The summed E-state index contributed by atoms with van der Waals surface area (Å²) in [6.07, 6.45) is 1.93. The van der Waals surface area contributed by atoms with Crippen molar-refractivity contribution >= 4 is 73.9 Å². The van der Waals surface area contributed by atoms with Crippen molar-refractivity contribution in [3.05, 3.63) is 176 Å². The molecule has 7 aromatic carbocycles. The Kier molecular flexibility index (Phi) is 6.98. The first-order chi connectivity index (χ1) is 22.3. The molecule has 214 valence electrons. The molecule has 0 saturated carbocycles. The Hall–Kier alpha value is -5.43. The molecule has 1 aromatic heterocycles. The van der Waals surface area contributed by atoms with Crippen LogP contribution in [0.2, 0.25) is 0 Å². The summed E-state index contributed by atoms with van der Waals surface area (Å²) in [5, 5.41) is 12.5. The van der Waals surface area contributed by atoms with Crippen molar-refractivity contribution in [2.75, 3.05) is 5.32 Å². The second-order valence-corrected chi connectivity index (χ2v) is 13.4. The van der Waals surface area contributed by atoms with Crippen molar-refractivity contribution in [2.24, 2.45) is 0 Å². The monoisotopic (exact) mass is 594 g/mol. The molecular weight excluding hydrogens is 563 g/mol. The zero-order valence-electron chi connectivity index (χ0n) is 24.8. The Morgan fingerprint density at radius 1 is 0.511 bits per heavy atom. The summed E-state index contributed by atoms with van der Waals surface area (Å²) in [5.74, 6) is 0. The van der Waals surface area contributed by atoms with Crippen LogP contribution in [0.25, 0.3) is 44.3 Å². The van der Waals surface area contributed by atoms with E-state index in [4.69, 9.17) is 0 Å². The molecule has 8 aromatic rings. The van der Waals surface area contributed by atoms with Gasteiger partial charge >= 0.3 is 0 Å². The largest absolute Gasteiger partial charge is 0.355 e. The zero-order valence-corrected chi connectivity index (χ0v) is 25.7. The molecule has 1 heterocycles. The summed E-state index contributed by atoms with van der Waals surface area (Å²) < 4.78 is 2.41. The van der Waals surface area contributed by atoms with Crippen molar-refractivity contribution in [2.45, 2.75) is 0 Å². The van der Waals surface area contributed by atoms with Gasteiger partial charge in [0.25, 0.3) is 0 Å². The van der Waals surface area contributed by atoms with Gasteiger partial charge in [-0.25, -0.2) is 0 Å². The second-order valence-electron chi connectivity index (χ2n) is 11.2. The van der Waals surface area contributed by atoms with Crippen LogP contribution in [0.4, 0.5) is 11.4 Å². The van der Waals surface area contributed by atoms with Crippen LogP contribution in [0.3, 0.4) is 0 Å². The normalized spacial score (nSPS) is 11.4. The highest BCUT2D eigenvalue weighted by atomic mass is 31.1. The number of benzene rings is 7. The van der Waals surface area contributed by atoms with Crippen LogP contribution in [-0.4, -0.2) is 4.57 Å². The number of aromatic nitrogens is 1. The number of hydrogen-bond acceptors (Lipinski definition) is 1. The van der Waals surface area contributed by atoms with E-state index < -0.39 is 7.92 Å². The maximum absolute atomic E-state index is 4.11. The molecule has 1 N–H and O–H groups in total. The van der Waals surface area contributed by atoms with Gasteiger partial charge in [0, 0.05) is 27.8 Å². The molecule has 8 rings (SSSR count). The lowest BCUT2D eigenvalue weighted by Gasteiger charge is -2.20. The van der Waals surface area contributed by atoms with E-state index in [0.717, 1.165) is 22.6 Å². The standard InChI is InChI=1S/C42H31N2P/c1-2-30-26-31-27-39-38-20-12-13-21-41(38)44(42(39)29-32(31)28-40(30)43-33-14-6-3-7-15-33)34-22-24-37(25-23-34)45(35-16-8-4-9-17-35)36-18-10-5-11-19-36/h2-29,43H,1H2. The number of anilines is 2. The van der Waals surface area contributed by atoms with E-state index in [1.165, 1.54) is 48.5 Å². The first-order valence-electron chi connectivity index (χ1n) is 15.2. The highest BCUT2D eigenvalue weighted by molar-refractivity contribution is 7.79. The Bertz CT molecular complexity index is 2250. The quantitative estimate of drug-likeness (QED) is 0.182. The van der Waals surface area contributed by atoms with E-state index in [1.807, 2.05) is 24.3 Å². The van der Waals surface area contributed by atoms with Crippen LogP contribution in [0.15, 0.2) is 170 Å². The molecule has 0 radical (unpaired) electrons. The van der Waals surface area contributed by atoms with Gasteiger partial charge in [-0.15, -0.1) is 0 Å². The average molecular weight is 595 g/mol. The fourth-order valence-corrected chi connectivity index (χ4v) is 8.65. The molecule has 0 amide bonds. The fraction of sp³-hybridized carbons (Fsp3) is 0. The molecule has 0 bridgehead atoms. The SMILES string of the molecule is C=Cc1cc2cc3c4ccccc4n(-c4ccc(P(c5ccccc5)c5ccccc5)cc4)c3cc2cc1Nc1ccccc1. The van der Waals surface area contributed by atoms with Crippen LogP contribution >= 0.6 is 7.92 Å². The Balaban J connectivity index is 1.28. The van der Waals surface area contributed by atoms with Crippen LogP contribution in [0.5, 0.6) is 0 Å². The van der Waals surface area contributed by atoms with Crippen LogP contribution in [0, 0.1) is 0 Å². The highest BCUT2D eigenvalue weighted by Crippen LogP contribution is 2.38. The van der Waals surface area contributed by atoms with Gasteiger partial charge in [0.05, 0.1) is 11.0 Å². The lowest BCUT2D eigenvalue weighted by molar-refractivity contribution is 1.18. The molecule has 0 saturated heterocycles. The number of fused-ring (bicyclic) bond motifs is 4. The van der Waals surface area contributed by atoms with E-state index >= 15 is 0 Å². The number of nitrogens with zero attached hydrogens (tertiary/aromatic N) is 1. The molecular formula is C42H31N2P. The van der Waals surface area contributed by atoms with E-state index in [1.54, 1.807) is 0 Å². The van der Waals surface area contributed by atoms with Gasteiger partial charge in [0.1, 0.15) is 0 Å². The van der Waals surface area contributed by atoms with Gasteiger partial charge in [0.15, 0.2) is 0 Å². The van der Waals surface area contributed by atoms with Crippen molar-refractivity contribution < 1.29 is 0 Å². The molecule has 0 aliphatic rings. The van der Waals surface area contributed by atoms with E-state index in [2.05, 4.69) is 162 Å². The van der Waals surface area contributed by atoms with Crippen molar-refractivity contribution in [1.29, 1.82) is 0 Å². The Morgan fingerprint density at radius 3 is 1.76 bits per heavy atom. The average Bonchev–Trinajstić information content (AvgIpc) is 3.42. The van der Waals surface area contributed by atoms with Gasteiger partial charge in [-0.05, 0) is 94.8 Å². The highest BCUT2D eigenvalue weighted by Gasteiger charge is 2.18. The first-order valence-corrected chi connectivity index (χ1v) is 16.6. The third-order valence-corrected chi connectivity index (χ3v) is 10.9. The van der Waals surface area contributed by atoms with Gasteiger partial charge in [0.2, 0.25) is 0 Å². The predicted molar refractivity (Wildman–Crippen MR) is 197 cm³/mol. The summed E-state index contributed by atoms with van der Waals surface area (Å²) in [7, 11) is -0.663. The fourth-order valence-electron chi connectivity index (χ4n) is 6.37. The smallest absolute Gasteiger partial charge is 0.0547 e. The van der Waals surface area contributed by atoms with E-state index in [9.17, 15) is 0 Å². The first kappa shape index (κ1) is 27.1. The van der Waals surface area contributed by atoms with Crippen LogP contribution in [0.1, 0.15) is 5.56 Å². The maximum atomic E-state index is 4.11. The molecule has 0 spiro atoms. The predicted octanol–water partition coefficient (Wildman–Crippen LogP) is 10.1. The summed E-state index contributed by atoms with van der Waals surface area (Å²) >= 11 is 0. The van der Waals surface area contributed by atoms with Gasteiger partial charge < -0.3 is 9.88 Å². The molecule has 3 heteroatoms. The second kappa shape index (κ2) is 11.6. The van der Waals surface area contributed by atoms with Gasteiger partial charge in [-0.1, -0.05) is 122 Å². The van der Waals surface area contributed by atoms with Gasteiger partial charge in [-0.3, -0.25) is 0 Å². The number of para-hydroxylation sites is 2. The van der Waals surface area contributed by atoms with E-state index in [0.29, 0.717) is 0 Å². The Labute approximate surface area is 264 Å². The Morgan fingerprint density at radius 2 is 1.09 bits per heavy atom. The molecule has 0 unspecified atom stereocenters. The minimum absolute atomic E-state index is 0.663. The molecule has 0 aliphatic carbocycles. The molecule has 45 heavy (non-hydrogen) atoms. The molecule has 0 fully saturated rings. The van der Waals surface area contributed by atoms with Crippen molar-refractivity contribution in [3.63, 3.8) is 0 Å². The van der Waals surface area contributed by atoms with Gasteiger partial charge in [-0.2, -0.15) is 0 Å². The summed E-state index contributed by atoms with van der Waals surface area (Å²) in [6, 6.07) is 59.2. The third kappa shape index (κ3) is 5.00. The third-order valence-electron chi connectivity index (χ3n) is 8.47. The zero-order chi connectivity index (χ0) is 30.2. The van der Waals surface area contributed by atoms with Crippen molar-refractivity contribution in [3.8, 4) is 5.69 Å². The number of nitrogens with one attached hydrogen (secondary N) is 1. The number of rotatable bonds is 7. The summed E-state index contributed by atoms with van der Waals surface area (Å²) in [4.78, 5) is 0. The summed E-state index contributed by atoms with van der Waals surface area (Å²) in [5.41, 5.74) is 6.74. The van der Waals surface area contributed by atoms with Crippen LogP contribution < -0.4 is 21.2 Å². The van der Waals surface area contributed by atoms with E-state index in [-0.39, 0.29) is 0 Å². The lowest BCUT2D eigenvalue weighted by atomic mass is 10.0.